The SMILES string of the molecule is CCNC(CC1CCC1)C1CCCc2sccc21. The first-order valence-corrected chi connectivity index (χ1v) is 8.56. The van der Waals surface area contributed by atoms with E-state index >= 15 is 0 Å². The highest BCUT2D eigenvalue weighted by atomic mass is 32.1. The summed E-state index contributed by atoms with van der Waals surface area (Å²) in [5, 5.41) is 6.09. The van der Waals surface area contributed by atoms with Crippen molar-refractivity contribution in [2.75, 3.05) is 6.54 Å². The van der Waals surface area contributed by atoms with Crippen molar-refractivity contribution in [2.24, 2.45) is 5.92 Å². The number of fused-ring (bicyclic) bond motifs is 1. The van der Waals surface area contributed by atoms with Gasteiger partial charge in [-0.3, -0.25) is 0 Å². The molecule has 1 nitrogen and oxygen atoms in total. The summed E-state index contributed by atoms with van der Waals surface area (Å²) in [6.45, 7) is 3.37. The summed E-state index contributed by atoms with van der Waals surface area (Å²) in [4.78, 5) is 1.67. The Morgan fingerprint density at radius 3 is 2.94 bits per heavy atom. The molecule has 2 aliphatic rings. The third kappa shape index (κ3) is 2.50. The second kappa shape index (κ2) is 5.75. The molecule has 0 aromatic carbocycles. The summed E-state index contributed by atoms with van der Waals surface area (Å²) in [7, 11) is 0. The fourth-order valence-corrected chi connectivity index (χ4v) is 4.68. The number of thiophene rings is 1. The molecule has 1 aromatic heterocycles. The summed E-state index contributed by atoms with van der Waals surface area (Å²) in [6, 6.07) is 3.13. The second-order valence-electron chi connectivity index (χ2n) is 5.99. The van der Waals surface area contributed by atoms with Crippen molar-refractivity contribution < 1.29 is 0 Å². The van der Waals surface area contributed by atoms with Gasteiger partial charge in [-0.25, -0.2) is 0 Å². The van der Waals surface area contributed by atoms with E-state index in [1.54, 1.807) is 10.4 Å². The van der Waals surface area contributed by atoms with Gasteiger partial charge in [0.1, 0.15) is 0 Å². The van der Waals surface area contributed by atoms with Crippen LogP contribution in [0.2, 0.25) is 0 Å². The molecule has 3 rings (SSSR count). The normalized spacial score (nSPS) is 25.5. The van der Waals surface area contributed by atoms with Crippen LogP contribution >= 0.6 is 11.3 Å². The second-order valence-corrected chi connectivity index (χ2v) is 7.00. The Morgan fingerprint density at radius 2 is 2.22 bits per heavy atom. The molecule has 0 saturated heterocycles. The van der Waals surface area contributed by atoms with E-state index in [0.29, 0.717) is 0 Å². The Morgan fingerprint density at radius 1 is 1.33 bits per heavy atom. The van der Waals surface area contributed by atoms with Gasteiger partial charge in [0.2, 0.25) is 0 Å². The van der Waals surface area contributed by atoms with Gasteiger partial charge in [-0.2, -0.15) is 0 Å². The van der Waals surface area contributed by atoms with Crippen LogP contribution in [0.3, 0.4) is 0 Å². The third-order valence-corrected chi connectivity index (χ3v) is 5.86. The van der Waals surface area contributed by atoms with E-state index in [9.17, 15) is 0 Å². The predicted octanol–water partition coefficient (Wildman–Crippen LogP) is 4.34. The zero-order valence-electron chi connectivity index (χ0n) is 11.5. The molecule has 1 N–H and O–H groups in total. The van der Waals surface area contributed by atoms with Crippen LogP contribution in [-0.4, -0.2) is 12.6 Å². The van der Waals surface area contributed by atoms with E-state index in [2.05, 4.69) is 23.7 Å². The molecule has 0 radical (unpaired) electrons. The van der Waals surface area contributed by atoms with E-state index < -0.39 is 0 Å². The molecule has 2 aliphatic carbocycles. The minimum Gasteiger partial charge on any atom is -0.314 e. The molecule has 2 heteroatoms. The van der Waals surface area contributed by atoms with Crippen LogP contribution in [-0.2, 0) is 6.42 Å². The first-order chi connectivity index (χ1) is 8.88. The number of hydrogen-bond acceptors (Lipinski definition) is 2. The molecule has 2 atom stereocenters. The van der Waals surface area contributed by atoms with Gasteiger partial charge in [0.25, 0.3) is 0 Å². The van der Waals surface area contributed by atoms with Crippen LogP contribution in [0, 0.1) is 5.92 Å². The Labute approximate surface area is 115 Å². The summed E-state index contributed by atoms with van der Waals surface area (Å²) >= 11 is 1.98. The highest BCUT2D eigenvalue weighted by Gasteiger charge is 2.31. The van der Waals surface area contributed by atoms with Crippen LogP contribution in [0.25, 0.3) is 0 Å². The van der Waals surface area contributed by atoms with Crippen LogP contribution in [0.5, 0.6) is 0 Å². The molecule has 0 amide bonds. The number of nitrogens with one attached hydrogen (secondary N) is 1. The number of aryl methyl sites for hydroxylation is 1. The average molecular weight is 263 g/mol. The van der Waals surface area contributed by atoms with Gasteiger partial charge in [-0.1, -0.05) is 26.2 Å². The molecule has 2 unspecified atom stereocenters. The van der Waals surface area contributed by atoms with E-state index in [0.717, 1.165) is 24.4 Å². The third-order valence-electron chi connectivity index (χ3n) is 4.86. The van der Waals surface area contributed by atoms with E-state index in [1.165, 1.54) is 44.9 Å². The highest BCUT2D eigenvalue weighted by molar-refractivity contribution is 7.10. The van der Waals surface area contributed by atoms with Gasteiger partial charge in [0.05, 0.1) is 0 Å². The Hall–Kier alpha value is -0.340. The molecule has 0 spiro atoms. The minimum absolute atomic E-state index is 0.731. The highest BCUT2D eigenvalue weighted by Crippen LogP contribution is 2.40. The standard InChI is InChI=1S/C16H25NS/c1-2-17-15(11-12-5-3-6-12)13-7-4-8-16-14(13)9-10-18-16/h9-10,12-13,15,17H,2-8,11H2,1H3. The van der Waals surface area contributed by atoms with Gasteiger partial charge < -0.3 is 5.32 Å². The molecule has 18 heavy (non-hydrogen) atoms. The van der Waals surface area contributed by atoms with Gasteiger partial charge in [0.15, 0.2) is 0 Å². The van der Waals surface area contributed by atoms with Gasteiger partial charge in [-0.05, 0) is 55.2 Å². The molecular formula is C16H25NS. The van der Waals surface area contributed by atoms with Crippen molar-refractivity contribution in [3.8, 4) is 0 Å². The quantitative estimate of drug-likeness (QED) is 0.833. The lowest BCUT2D eigenvalue weighted by Gasteiger charge is -2.36. The predicted molar refractivity (Wildman–Crippen MR) is 79.4 cm³/mol. The summed E-state index contributed by atoms with van der Waals surface area (Å²) in [6.07, 6.45) is 9.95. The fourth-order valence-electron chi connectivity index (χ4n) is 3.68. The zero-order chi connectivity index (χ0) is 12.4. The molecule has 1 saturated carbocycles. The molecule has 0 aliphatic heterocycles. The van der Waals surface area contributed by atoms with Crippen molar-refractivity contribution in [1.29, 1.82) is 0 Å². The minimum atomic E-state index is 0.731. The summed E-state index contributed by atoms with van der Waals surface area (Å²) in [5.41, 5.74) is 1.68. The molecule has 1 aromatic rings. The summed E-state index contributed by atoms with van der Waals surface area (Å²) in [5.74, 6) is 1.80. The zero-order valence-corrected chi connectivity index (χ0v) is 12.3. The van der Waals surface area contributed by atoms with Crippen LogP contribution in [0.15, 0.2) is 11.4 Å². The maximum absolute atomic E-state index is 3.79. The average Bonchev–Trinajstić information content (AvgIpc) is 2.80. The summed E-state index contributed by atoms with van der Waals surface area (Å²) < 4.78 is 0. The number of likely N-dealkylation sites (N-methyl/N-ethyl adjacent to an activating group) is 1. The van der Waals surface area contributed by atoms with Gasteiger partial charge >= 0.3 is 0 Å². The molecular weight excluding hydrogens is 238 g/mol. The molecule has 1 heterocycles. The number of hydrogen-bond donors (Lipinski definition) is 1. The number of rotatable bonds is 5. The van der Waals surface area contributed by atoms with Crippen molar-refractivity contribution in [3.63, 3.8) is 0 Å². The smallest absolute Gasteiger partial charge is 0.0139 e. The Bertz CT molecular complexity index is 380. The van der Waals surface area contributed by atoms with Crippen molar-refractivity contribution in [2.45, 2.75) is 63.8 Å². The Kier molecular flexibility index (Phi) is 4.05. The molecule has 1 fully saturated rings. The Balaban J connectivity index is 1.73. The van der Waals surface area contributed by atoms with E-state index in [-0.39, 0.29) is 0 Å². The van der Waals surface area contributed by atoms with Crippen molar-refractivity contribution >= 4 is 11.3 Å². The lowest BCUT2D eigenvalue weighted by molar-refractivity contribution is 0.238. The van der Waals surface area contributed by atoms with E-state index in [1.807, 2.05) is 11.3 Å². The lowest BCUT2D eigenvalue weighted by atomic mass is 9.74. The van der Waals surface area contributed by atoms with Gasteiger partial charge in [-0.15, -0.1) is 11.3 Å². The van der Waals surface area contributed by atoms with Crippen LogP contribution in [0.4, 0.5) is 0 Å². The maximum Gasteiger partial charge on any atom is 0.0139 e. The largest absolute Gasteiger partial charge is 0.314 e. The van der Waals surface area contributed by atoms with Gasteiger partial charge in [0, 0.05) is 16.8 Å². The van der Waals surface area contributed by atoms with Crippen molar-refractivity contribution in [1.82, 2.24) is 5.32 Å². The topological polar surface area (TPSA) is 12.0 Å². The monoisotopic (exact) mass is 263 g/mol. The van der Waals surface area contributed by atoms with E-state index in [4.69, 9.17) is 0 Å². The lowest BCUT2D eigenvalue weighted by Crippen LogP contribution is -2.38. The molecule has 0 bridgehead atoms. The molecule has 100 valence electrons. The first kappa shape index (κ1) is 12.7. The van der Waals surface area contributed by atoms with Crippen molar-refractivity contribution in [3.05, 3.63) is 21.9 Å². The maximum atomic E-state index is 3.79. The van der Waals surface area contributed by atoms with Crippen LogP contribution < -0.4 is 5.32 Å². The van der Waals surface area contributed by atoms with Crippen LogP contribution in [0.1, 0.15) is 61.8 Å². The fraction of sp³-hybridized carbons (Fsp3) is 0.750. The first-order valence-electron chi connectivity index (χ1n) is 7.68.